The summed E-state index contributed by atoms with van der Waals surface area (Å²) in [6, 6.07) is -2.56. The lowest BCUT2D eigenvalue weighted by Crippen LogP contribution is -2.51. The first-order valence-electron chi connectivity index (χ1n) is 9.53. The summed E-state index contributed by atoms with van der Waals surface area (Å²) >= 11 is 0. The minimum Gasteiger partial charge on any atom is -0.481 e. The van der Waals surface area contributed by atoms with Crippen LogP contribution in [0.1, 0.15) is 52.4 Å². The van der Waals surface area contributed by atoms with Crippen molar-refractivity contribution in [3.8, 4) is 0 Å². The number of amides is 3. The van der Waals surface area contributed by atoms with E-state index in [1.807, 2.05) is 0 Å². The van der Waals surface area contributed by atoms with Gasteiger partial charge in [0.1, 0.15) is 18.7 Å². The van der Waals surface area contributed by atoms with E-state index < -0.39 is 42.3 Å². The zero-order chi connectivity index (χ0) is 22.0. The van der Waals surface area contributed by atoms with Crippen molar-refractivity contribution >= 4 is 29.7 Å². The zero-order valence-corrected chi connectivity index (χ0v) is 16.6. The molecule has 1 aliphatic rings. The highest BCUT2D eigenvalue weighted by Crippen LogP contribution is 2.21. The number of rotatable bonds is 11. The van der Waals surface area contributed by atoms with Gasteiger partial charge in [0.2, 0.25) is 17.7 Å². The van der Waals surface area contributed by atoms with Gasteiger partial charge in [-0.25, -0.2) is 4.79 Å². The van der Waals surface area contributed by atoms with Gasteiger partial charge in [0.05, 0.1) is 12.1 Å². The lowest BCUT2D eigenvalue weighted by molar-refractivity contribution is -0.143. The molecule has 0 aromatic rings. The first-order valence-corrected chi connectivity index (χ1v) is 9.53. The number of nitrogens with one attached hydrogen (secondary N) is 3. The molecular weight excluding hydrogens is 386 g/mol. The van der Waals surface area contributed by atoms with E-state index in [9.17, 15) is 24.0 Å². The molecule has 0 saturated heterocycles. The molecule has 0 aromatic heterocycles. The number of carboxylic acids is 2. The lowest BCUT2D eigenvalue weighted by atomic mass is 9.92. The Morgan fingerprint density at radius 1 is 1.07 bits per heavy atom. The van der Waals surface area contributed by atoms with Crippen molar-refractivity contribution in [2.24, 2.45) is 0 Å². The molecule has 0 aliphatic heterocycles. The fourth-order valence-electron chi connectivity index (χ4n) is 3.08. The summed E-state index contributed by atoms with van der Waals surface area (Å²) in [4.78, 5) is 57.1. The summed E-state index contributed by atoms with van der Waals surface area (Å²) in [5, 5.41) is 25.1. The third kappa shape index (κ3) is 9.37. The van der Waals surface area contributed by atoms with Crippen molar-refractivity contribution in [1.29, 1.82) is 0 Å². The number of hydrogen-bond donors (Lipinski definition) is 5. The van der Waals surface area contributed by atoms with Gasteiger partial charge in [-0.2, -0.15) is 0 Å². The van der Waals surface area contributed by atoms with Crippen LogP contribution in [0.5, 0.6) is 0 Å². The molecule has 0 radical (unpaired) electrons. The molecule has 29 heavy (non-hydrogen) atoms. The van der Waals surface area contributed by atoms with E-state index in [2.05, 4.69) is 16.0 Å². The first kappa shape index (κ1) is 24.3. The second-order valence-electron chi connectivity index (χ2n) is 7.06. The van der Waals surface area contributed by atoms with Gasteiger partial charge in [-0.1, -0.05) is 12.8 Å². The fraction of sp³-hybridized carbons (Fsp3) is 0.722. The van der Waals surface area contributed by atoms with E-state index in [4.69, 9.17) is 14.9 Å². The van der Waals surface area contributed by atoms with Crippen molar-refractivity contribution in [2.75, 3.05) is 6.61 Å². The largest absolute Gasteiger partial charge is 0.481 e. The Kier molecular flexibility index (Phi) is 10.1. The maximum absolute atomic E-state index is 12.1. The van der Waals surface area contributed by atoms with E-state index in [-0.39, 0.29) is 31.1 Å². The van der Waals surface area contributed by atoms with E-state index >= 15 is 0 Å². The van der Waals surface area contributed by atoms with Crippen molar-refractivity contribution in [2.45, 2.75) is 76.6 Å². The van der Waals surface area contributed by atoms with Gasteiger partial charge in [0, 0.05) is 13.3 Å². The molecule has 11 nitrogen and oxygen atoms in total. The smallest absolute Gasteiger partial charge is 0.326 e. The summed E-state index contributed by atoms with van der Waals surface area (Å²) < 4.78 is 5.61. The number of ether oxygens (including phenoxy) is 1. The average Bonchev–Trinajstić information content (AvgIpc) is 2.63. The second kappa shape index (κ2) is 12.0. The predicted octanol–water partition coefficient (Wildman–Crippen LogP) is -0.611. The van der Waals surface area contributed by atoms with Crippen molar-refractivity contribution < 1.29 is 38.9 Å². The number of aliphatic carboxylic acids is 2. The molecule has 0 unspecified atom stereocenters. The highest BCUT2D eigenvalue weighted by molar-refractivity contribution is 5.90. The van der Waals surface area contributed by atoms with E-state index in [0.717, 1.165) is 19.3 Å². The van der Waals surface area contributed by atoms with Crippen LogP contribution in [0.3, 0.4) is 0 Å². The molecule has 5 N–H and O–H groups in total. The third-order valence-electron chi connectivity index (χ3n) is 4.55. The van der Waals surface area contributed by atoms with Gasteiger partial charge in [0.15, 0.2) is 0 Å². The minimum atomic E-state index is -1.37. The van der Waals surface area contributed by atoms with Crippen molar-refractivity contribution in [3.63, 3.8) is 0 Å². The maximum atomic E-state index is 12.1. The monoisotopic (exact) mass is 415 g/mol. The molecule has 11 heteroatoms. The molecule has 1 saturated carbocycles. The quantitative estimate of drug-likeness (QED) is 0.297. The van der Waals surface area contributed by atoms with E-state index in [1.54, 1.807) is 0 Å². The van der Waals surface area contributed by atoms with Crippen LogP contribution in [0.15, 0.2) is 0 Å². The zero-order valence-electron chi connectivity index (χ0n) is 16.6. The third-order valence-corrected chi connectivity index (χ3v) is 4.55. The second-order valence-corrected chi connectivity index (χ2v) is 7.06. The average molecular weight is 415 g/mol. The van der Waals surface area contributed by atoms with Gasteiger partial charge in [-0.15, -0.1) is 0 Å². The molecule has 0 aromatic carbocycles. The van der Waals surface area contributed by atoms with Crippen LogP contribution in [0.4, 0.5) is 0 Å². The molecule has 1 aliphatic carbocycles. The summed E-state index contributed by atoms with van der Waals surface area (Å²) in [5.41, 5.74) is 0. The molecule has 1 rings (SSSR count). The van der Waals surface area contributed by atoms with E-state index in [0.29, 0.717) is 6.42 Å². The van der Waals surface area contributed by atoms with Gasteiger partial charge in [-0.3, -0.25) is 19.2 Å². The highest BCUT2D eigenvalue weighted by Gasteiger charge is 2.28. The molecule has 164 valence electrons. The van der Waals surface area contributed by atoms with Gasteiger partial charge in [0.25, 0.3) is 0 Å². The fourth-order valence-corrected chi connectivity index (χ4v) is 3.08. The van der Waals surface area contributed by atoms with Gasteiger partial charge in [-0.05, 0) is 26.2 Å². The molecule has 1 fully saturated rings. The Balaban J connectivity index is 2.47. The first-order chi connectivity index (χ1) is 13.6. The van der Waals surface area contributed by atoms with Gasteiger partial charge < -0.3 is 30.9 Å². The number of carbonyl (C=O) groups is 5. The normalized spacial score (nSPS) is 20.8. The highest BCUT2D eigenvalue weighted by atomic mass is 16.5. The SMILES string of the molecule is CC(=O)N[C@H]1CCCC[C@@H]1OCC(=O)N[C@@H](C)C(=O)N[C@H](CCC(=O)O)C(=O)O. The molecule has 4 atom stereocenters. The van der Waals surface area contributed by atoms with Gasteiger partial charge >= 0.3 is 11.9 Å². The van der Waals surface area contributed by atoms with E-state index in [1.165, 1.54) is 13.8 Å². The Bertz CT molecular complexity index is 624. The van der Waals surface area contributed by atoms with Crippen molar-refractivity contribution in [3.05, 3.63) is 0 Å². The predicted molar refractivity (Wildman–Crippen MR) is 99.9 cm³/mol. The Labute approximate surface area is 168 Å². The standard InChI is InChI=1S/C18H29N3O8/c1-10(17(26)21-13(18(27)28)7-8-16(24)25)19-15(23)9-29-14-6-4-3-5-12(14)20-11(2)22/h10,12-14H,3-9H2,1-2H3,(H,19,23)(H,20,22)(H,21,26)(H,24,25)(H,27,28)/t10-,12-,13+,14-/m0/s1. The number of hydrogen-bond acceptors (Lipinski definition) is 6. The molecule has 3 amide bonds. The Hall–Kier alpha value is -2.69. The van der Waals surface area contributed by atoms with Crippen LogP contribution in [0.25, 0.3) is 0 Å². The van der Waals surface area contributed by atoms with Crippen LogP contribution in [0.2, 0.25) is 0 Å². The molecule has 0 heterocycles. The summed E-state index contributed by atoms with van der Waals surface area (Å²) in [5.74, 6) is -4.01. The summed E-state index contributed by atoms with van der Waals surface area (Å²) in [6.45, 7) is 2.49. The lowest BCUT2D eigenvalue weighted by Gasteiger charge is -2.31. The topological polar surface area (TPSA) is 171 Å². The van der Waals surface area contributed by atoms with Crippen LogP contribution in [-0.2, 0) is 28.7 Å². The number of carboxylic acid groups (broad SMARTS) is 2. The van der Waals surface area contributed by atoms with Crippen LogP contribution < -0.4 is 16.0 Å². The molecule has 0 bridgehead atoms. The summed E-state index contributed by atoms with van der Waals surface area (Å²) in [6.07, 6.45) is 2.37. The minimum absolute atomic E-state index is 0.166. The maximum Gasteiger partial charge on any atom is 0.326 e. The number of carbonyl (C=O) groups excluding carboxylic acids is 3. The molecular formula is C18H29N3O8. The van der Waals surface area contributed by atoms with Crippen LogP contribution in [-0.4, -0.2) is 70.7 Å². The molecule has 0 spiro atoms. The van der Waals surface area contributed by atoms with Crippen LogP contribution >= 0.6 is 0 Å². The van der Waals surface area contributed by atoms with Crippen LogP contribution in [0, 0.1) is 0 Å². The summed E-state index contributed by atoms with van der Waals surface area (Å²) in [7, 11) is 0. The Morgan fingerprint density at radius 2 is 1.72 bits per heavy atom. The van der Waals surface area contributed by atoms with Crippen molar-refractivity contribution in [1.82, 2.24) is 16.0 Å². The Morgan fingerprint density at radius 3 is 2.31 bits per heavy atom.